The van der Waals surface area contributed by atoms with E-state index in [2.05, 4.69) is 49.2 Å². The molecule has 19 heavy (non-hydrogen) atoms. The largest absolute Gasteiger partial charge is 0.367 e. The molecule has 1 N–H and O–H groups in total. The molecule has 2 nitrogen and oxygen atoms in total. The summed E-state index contributed by atoms with van der Waals surface area (Å²) in [6, 6.07) is 7.71. The fourth-order valence-electron chi connectivity index (χ4n) is 2.34. The van der Waals surface area contributed by atoms with Crippen LogP contribution in [0.1, 0.15) is 45.6 Å². The van der Waals surface area contributed by atoms with Gasteiger partial charge >= 0.3 is 0 Å². The Balaban J connectivity index is 2.08. The zero-order valence-corrected chi connectivity index (χ0v) is 13.0. The quantitative estimate of drug-likeness (QED) is 0.805. The molecule has 1 aromatic rings. The van der Waals surface area contributed by atoms with Crippen molar-refractivity contribution < 1.29 is 0 Å². The summed E-state index contributed by atoms with van der Waals surface area (Å²) in [6.45, 7) is 8.53. The summed E-state index contributed by atoms with van der Waals surface area (Å²) >= 11 is 6.48. The van der Waals surface area contributed by atoms with Crippen LogP contribution in [0.4, 0.5) is 5.69 Å². The van der Waals surface area contributed by atoms with Crippen molar-refractivity contribution in [1.29, 1.82) is 0 Å². The summed E-state index contributed by atoms with van der Waals surface area (Å²) in [4.78, 5) is 2.47. The van der Waals surface area contributed by atoms with Gasteiger partial charge in [-0.2, -0.15) is 0 Å². The van der Waals surface area contributed by atoms with Gasteiger partial charge in [0.1, 0.15) is 0 Å². The summed E-state index contributed by atoms with van der Waals surface area (Å²) in [7, 11) is 0. The molecule has 3 heteroatoms. The minimum atomic E-state index is 0.501. The number of hydrogen-bond acceptors (Lipinski definition) is 2. The molecule has 1 aliphatic rings. The van der Waals surface area contributed by atoms with E-state index in [0.29, 0.717) is 6.04 Å². The standard InChI is InChI=1S/C16H25ClN2/c1-4-9-19(14-6-7-14)16-8-5-13(10-15(16)17)11-18-12(2)3/h5,8,10,12,14,18H,4,6-7,9,11H2,1-3H3. The van der Waals surface area contributed by atoms with Crippen molar-refractivity contribution in [3.63, 3.8) is 0 Å². The summed E-state index contributed by atoms with van der Waals surface area (Å²) in [5, 5.41) is 4.32. The molecular weight excluding hydrogens is 256 g/mol. The molecule has 1 saturated carbocycles. The maximum absolute atomic E-state index is 6.48. The first-order valence-corrected chi connectivity index (χ1v) is 7.78. The Bertz CT molecular complexity index is 413. The molecule has 0 saturated heterocycles. The van der Waals surface area contributed by atoms with Gasteiger partial charge in [0.25, 0.3) is 0 Å². The number of anilines is 1. The molecule has 0 aromatic heterocycles. The van der Waals surface area contributed by atoms with Crippen LogP contribution in [-0.4, -0.2) is 18.6 Å². The van der Waals surface area contributed by atoms with Crippen LogP contribution in [0.2, 0.25) is 5.02 Å². The van der Waals surface area contributed by atoms with Crippen LogP contribution in [-0.2, 0) is 6.54 Å². The van der Waals surface area contributed by atoms with Gasteiger partial charge in [-0.1, -0.05) is 38.4 Å². The molecule has 0 heterocycles. The van der Waals surface area contributed by atoms with Crippen LogP contribution in [0.3, 0.4) is 0 Å². The van der Waals surface area contributed by atoms with E-state index in [1.807, 2.05) is 0 Å². The molecule has 2 rings (SSSR count). The van der Waals surface area contributed by atoms with Gasteiger partial charge in [0.15, 0.2) is 0 Å². The lowest BCUT2D eigenvalue weighted by Gasteiger charge is -2.25. The SMILES string of the molecule is CCCN(c1ccc(CNC(C)C)cc1Cl)C1CC1. The third kappa shape index (κ3) is 4.12. The highest BCUT2D eigenvalue weighted by Gasteiger charge is 2.29. The van der Waals surface area contributed by atoms with Gasteiger partial charge in [-0.05, 0) is 37.0 Å². The Hall–Kier alpha value is -0.730. The van der Waals surface area contributed by atoms with Crippen molar-refractivity contribution >= 4 is 17.3 Å². The van der Waals surface area contributed by atoms with E-state index in [1.54, 1.807) is 0 Å². The molecule has 0 spiro atoms. The van der Waals surface area contributed by atoms with Crippen molar-refractivity contribution in [3.8, 4) is 0 Å². The van der Waals surface area contributed by atoms with Crippen LogP contribution in [0, 0.1) is 0 Å². The van der Waals surface area contributed by atoms with Crippen LogP contribution >= 0.6 is 11.6 Å². The molecule has 0 atom stereocenters. The molecule has 0 amide bonds. The van der Waals surface area contributed by atoms with E-state index in [4.69, 9.17) is 11.6 Å². The molecule has 1 aromatic carbocycles. The van der Waals surface area contributed by atoms with Crippen molar-refractivity contribution in [2.24, 2.45) is 0 Å². The average Bonchev–Trinajstić information content (AvgIpc) is 3.18. The number of halogens is 1. The predicted octanol–water partition coefficient (Wildman–Crippen LogP) is 4.22. The van der Waals surface area contributed by atoms with Gasteiger partial charge in [0.05, 0.1) is 10.7 Å². The van der Waals surface area contributed by atoms with Gasteiger partial charge in [0.2, 0.25) is 0 Å². The molecule has 0 unspecified atom stereocenters. The first-order chi connectivity index (χ1) is 9.11. The maximum Gasteiger partial charge on any atom is 0.0642 e. The van der Waals surface area contributed by atoms with E-state index in [1.165, 1.54) is 30.5 Å². The van der Waals surface area contributed by atoms with E-state index in [9.17, 15) is 0 Å². The molecule has 1 fully saturated rings. The van der Waals surface area contributed by atoms with Gasteiger partial charge < -0.3 is 10.2 Å². The van der Waals surface area contributed by atoms with Gasteiger partial charge in [0, 0.05) is 25.2 Å². The summed E-state index contributed by atoms with van der Waals surface area (Å²) in [6.07, 6.45) is 3.80. The minimum absolute atomic E-state index is 0.501. The highest BCUT2D eigenvalue weighted by atomic mass is 35.5. The fraction of sp³-hybridized carbons (Fsp3) is 0.625. The van der Waals surface area contributed by atoms with Crippen molar-refractivity contribution in [3.05, 3.63) is 28.8 Å². The van der Waals surface area contributed by atoms with Crippen LogP contribution in [0.25, 0.3) is 0 Å². The third-order valence-electron chi connectivity index (χ3n) is 3.49. The topological polar surface area (TPSA) is 15.3 Å². The Morgan fingerprint density at radius 1 is 1.37 bits per heavy atom. The second kappa shape index (κ2) is 6.62. The molecular formula is C16H25ClN2. The average molecular weight is 281 g/mol. The monoisotopic (exact) mass is 280 g/mol. The zero-order valence-electron chi connectivity index (χ0n) is 12.2. The minimum Gasteiger partial charge on any atom is -0.367 e. The predicted molar refractivity (Wildman–Crippen MR) is 84.1 cm³/mol. The highest BCUT2D eigenvalue weighted by Crippen LogP contribution is 2.36. The Labute approximate surface area is 122 Å². The van der Waals surface area contributed by atoms with Crippen LogP contribution < -0.4 is 10.2 Å². The second-order valence-corrected chi connectivity index (χ2v) is 6.15. The Kier molecular flexibility index (Phi) is 5.12. The van der Waals surface area contributed by atoms with Gasteiger partial charge in [-0.25, -0.2) is 0 Å². The Morgan fingerprint density at radius 2 is 2.11 bits per heavy atom. The molecule has 0 bridgehead atoms. The lowest BCUT2D eigenvalue weighted by molar-refractivity contribution is 0.589. The fourth-order valence-corrected chi connectivity index (χ4v) is 2.65. The molecule has 0 radical (unpaired) electrons. The van der Waals surface area contributed by atoms with Crippen molar-refractivity contribution in [2.45, 2.75) is 58.7 Å². The lowest BCUT2D eigenvalue weighted by Crippen LogP contribution is -2.27. The normalized spacial score (nSPS) is 15.0. The number of nitrogens with one attached hydrogen (secondary N) is 1. The zero-order chi connectivity index (χ0) is 13.8. The summed E-state index contributed by atoms with van der Waals surface area (Å²) < 4.78 is 0. The number of hydrogen-bond donors (Lipinski definition) is 1. The molecule has 1 aliphatic carbocycles. The number of nitrogens with zero attached hydrogens (tertiary/aromatic N) is 1. The maximum atomic E-state index is 6.48. The second-order valence-electron chi connectivity index (χ2n) is 5.75. The van der Waals surface area contributed by atoms with E-state index in [0.717, 1.165) is 24.2 Å². The van der Waals surface area contributed by atoms with Crippen molar-refractivity contribution in [2.75, 3.05) is 11.4 Å². The molecule has 106 valence electrons. The van der Waals surface area contributed by atoms with E-state index in [-0.39, 0.29) is 0 Å². The van der Waals surface area contributed by atoms with Crippen LogP contribution in [0.5, 0.6) is 0 Å². The van der Waals surface area contributed by atoms with Crippen molar-refractivity contribution in [1.82, 2.24) is 5.32 Å². The summed E-state index contributed by atoms with van der Waals surface area (Å²) in [5.41, 5.74) is 2.47. The molecule has 0 aliphatic heterocycles. The van der Waals surface area contributed by atoms with Gasteiger partial charge in [-0.3, -0.25) is 0 Å². The third-order valence-corrected chi connectivity index (χ3v) is 3.79. The van der Waals surface area contributed by atoms with Crippen LogP contribution in [0.15, 0.2) is 18.2 Å². The van der Waals surface area contributed by atoms with E-state index < -0.39 is 0 Å². The first kappa shape index (κ1) is 14.7. The van der Waals surface area contributed by atoms with Gasteiger partial charge in [-0.15, -0.1) is 0 Å². The Morgan fingerprint density at radius 3 is 2.63 bits per heavy atom. The number of rotatable bonds is 7. The summed E-state index contributed by atoms with van der Waals surface area (Å²) in [5.74, 6) is 0. The lowest BCUT2D eigenvalue weighted by atomic mass is 10.1. The highest BCUT2D eigenvalue weighted by molar-refractivity contribution is 6.33. The first-order valence-electron chi connectivity index (χ1n) is 7.40. The smallest absolute Gasteiger partial charge is 0.0642 e. The van der Waals surface area contributed by atoms with E-state index >= 15 is 0 Å². The number of benzene rings is 1.